The minimum Gasteiger partial charge on any atom is -0.305 e. The molecule has 1 aromatic carbocycles. The highest BCUT2D eigenvalue weighted by Crippen LogP contribution is 2.37. The monoisotopic (exact) mass is 286 g/mol. The van der Waals surface area contributed by atoms with Crippen molar-refractivity contribution in [1.82, 2.24) is 10.2 Å². The molecule has 1 aliphatic carbocycles. The van der Waals surface area contributed by atoms with Gasteiger partial charge in [0.25, 0.3) is 5.91 Å². The van der Waals surface area contributed by atoms with Crippen LogP contribution in [-0.2, 0) is 11.3 Å². The summed E-state index contributed by atoms with van der Waals surface area (Å²) in [6, 6.07) is 7.93. The SMILES string of the molecule is Cc1ccc(CN2C(=O)NC(=O)C23CCCCCC3)cc1. The van der Waals surface area contributed by atoms with Crippen LogP contribution in [0.1, 0.15) is 49.7 Å². The molecule has 21 heavy (non-hydrogen) atoms. The van der Waals surface area contributed by atoms with E-state index in [0.717, 1.165) is 44.1 Å². The maximum Gasteiger partial charge on any atom is 0.325 e. The summed E-state index contributed by atoms with van der Waals surface area (Å²) in [7, 11) is 0. The van der Waals surface area contributed by atoms with Gasteiger partial charge >= 0.3 is 6.03 Å². The molecule has 1 spiro atoms. The third-order valence-corrected chi connectivity index (χ3v) is 4.80. The van der Waals surface area contributed by atoms with Gasteiger partial charge in [0.05, 0.1) is 0 Å². The maximum absolute atomic E-state index is 12.4. The molecule has 4 heteroatoms. The zero-order valence-corrected chi connectivity index (χ0v) is 12.5. The highest BCUT2D eigenvalue weighted by Gasteiger charge is 2.52. The number of rotatable bonds is 2. The van der Waals surface area contributed by atoms with E-state index in [1.165, 1.54) is 5.56 Å². The Morgan fingerprint density at radius 2 is 1.67 bits per heavy atom. The van der Waals surface area contributed by atoms with Gasteiger partial charge in [-0.2, -0.15) is 0 Å². The predicted octanol–water partition coefficient (Wildman–Crippen LogP) is 3.14. The van der Waals surface area contributed by atoms with Crippen molar-refractivity contribution < 1.29 is 9.59 Å². The molecule has 3 amide bonds. The van der Waals surface area contributed by atoms with E-state index < -0.39 is 5.54 Å². The number of amides is 3. The Balaban J connectivity index is 1.88. The van der Waals surface area contributed by atoms with Crippen molar-refractivity contribution in [3.05, 3.63) is 35.4 Å². The minimum absolute atomic E-state index is 0.0958. The van der Waals surface area contributed by atoms with Crippen molar-refractivity contribution in [2.75, 3.05) is 0 Å². The lowest BCUT2D eigenvalue weighted by Crippen LogP contribution is -2.48. The first-order valence-electron chi connectivity index (χ1n) is 7.80. The van der Waals surface area contributed by atoms with Crippen LogP contribution in [0.3, 0.4) is 0 Å². The van der Waals surface area contributed by atoms with E-state index in [0.29, 0.717) is 6.54 Å². The molecule has 2 aliphatic rings. The zero-order valence-electron chi connectivity index (χ0n) is 12.5. The van der Waals surface area contributed by atoms with E-state index >= 15 is 0 Å². The molecule has 0 atom stereocenters. The zero-order chi connectivity index (χ0) is 14.9. The molecule has 1 saturated heterocycles. The quantitative estimate of drug-likeness (QED) is 0.849. The van der Waals surface area contributed by atoms with Crippen molar-refractivity contribution in [2.24, 2.45) is 0 Å². The molecule has 2 fully saturated rings. The first-order valence-corrected chi connectivity index (χ1v) is 7.80. The Labute approximate surface area is 125 Å². The molecule has 112 valence electrons. The van der Waals surface area contributed by atoms with Gasteiger partial charge in [-0.3, -0.25) is 10.1 Å². The fourth-order valence-electron chi connectivity index (χ4n) is 3.51. The number of urea groups is 1. The van der Waals surface area contributed by atoms with E-state index in [2.05, 4.69) is 5.32 Å². The molecule has 0 unspecified atom stereocenters. The van der Waals surface area contributed by atoms with Crippen LogP contribution in [0.2, 0.25) is 0 Å². The third kappa shape index (κ3) is 2.55. The van der Waals surface area contributed by atoms with Gasteiger partial charge < -0.3 is 4.90 Å². The highest BCUT2D eigenvalue weighted by atomic mass is 16.2. The normalized spacial score (nSPS) is 21.5. The van der Waals surface area contributed by atoms with Crippen molar-refractivity contribution in [2.45, 2.75) is 57.5 Å². The Kier molecular flexibility index (Phi) is 3.70. The van der Waals surface area contributed by atoms with Crippen LogP contribution in [0.5, 0.6) is 0 Å². The Morgan fingerprint density at radius 3 is 2.29 bits per heavy atom. The molecule has 1 aromatic rings. The van der Waals surface area contributed by atoms with Crippen molar-refractivity contribution in [3.8, 4) is 0 Å². The van der Waals surface area contributed by atoms with Gasteiger partial charge in [0.1, 0.15) is 5.54 Å². The summed E-state index contributed by atoms with van der Waals surface area (Å²) in [6.07, 6.45) is 5.92. The average molecular weight is 286 g/mol. The fourth-order valence-corrected chi connectivity index (χ4v) is 3.51. The van der Waals surface area contributed by atoms with E-state index in [4.69, 9.17) is 0 Å². The smallest absolute Gasteiger partial charge is 0.305 e. The second-order valence-corrected chi connectivity index (χ2v) is 6.28. The second-order valence-electron chi connectivity index (χ2n) is 6.28. The summed E-state index contributed by atoms with van der Waals surface area (Å²) < 4.78 is 0. The molecule has 3 rings (SSSR count). The van der Waals surface area contributed by atoms with Gasteiger partial charge in [-0.05, 0) is 25.3 Å². The molecule has 1 heterocycles. The molecule has 1 N–H and O–H groups in total. The van der Waals surface area contributed by atoms with Gasteiger partial charge in [-0.1, -0.05) is 55.5 Å². The van der Waals surface area contributed by atoms with E-state index in [1.54, 1.807) is 4.90 Å². The molecule has 0 bridgehead atoms. The number of imide groups is 1. The predicted molar refractivity (Wildman–Crippen MR) is 80.7 cm³/mol. The Morgan fingerprint density at radius 1 is 1.05 bits per heavy atom. The Hall–Kier alpha value is -1.84. The topological polar surface area (TPSA) is 49.4 Å². The van der Waals surface area contributed by atoms with Crippen LogP contribution >= 0.6 is 0 Å². The summed E-state index contributed by atoms with van der Waals surface area (Å²) >= 11 is 0. The average Bonchev–Trinajstić information content (AvgIpc) is 2.65. The lowest BCUT2D eigenvalue weighted by Gasteiger charge is -2.34. The summed E-state index contributed by atoms with van der Waals surface area (Å²) in [6.45, 7) is 2.56. The molecule has 0 aromatic heterocycles. The van der Waals surface area contributed by atoms with Crippen LogP contribution in [0.25, 0.3) is 0 Å². The van der Waals surface area contributed by atoms with Gasteiger partial charge in [0.2, 0.25) is 0 Å². The summed E-state index contributed by atoms with van der Waals surface area (Å²) in [5, 5.41) is 2.53. The summed E-state index contributed by atoms with van der Waals surface area (Å²) in [5.41, 5.74) is 1.66. The number of nitrogens with zero attached hydrogens (tertiary/aromatic N) is 1. The number of hydrogen-bond donors (Lipinski definition) is 1. The van der Waals surface area contributed by atoms with E-state index in [9.17, 15) is 9.59 Å². The number of carbonyl (C=O) groups is 2. The highest BCUT2D eigenvalue weighted by molar-refractivity contribution is 6.07. The van der Waals surface area contributed by atoms with Crippen LogP contribution in [0.4, 0.5) is 4.79 Å². The van der Waals surface area contributed by atoms with Crippen LogP contribution in [0, 0.1) is 6.92 Å². The molecular formula is C17H22N2O2. The van der Waals surface area contributed by atoms with Crippen molar-refractivity contribution in [3.63, 3.8) is 0 Å². The Bertz CT molecular complexity index is 542. The van der Waals surface area contributed by atoms with Crippen LogP contribution < -0.4 is 5.32 Å². The molecule has 1 saturated carbocycles. The van der Waals surface area contributed by atoms with E-state index in [1.807, 2.05) is 31.2 Å². The number of benzene rings is 1. The summed E-state index contributed by atoms with van der Waals surface area (Å²) in [5.74, 6) is -0.0958. The first-order chi connectivity index (χ1) is 10.1. The summed E-state index contributed by atoms with van der Waals surface area (Å²) in [4.78, 5) is 26.4. The van der Waals surface area contributed by atoms with Gasteiger partial charge in [-0.15, -0.1) is 0 Å². The lowest BCUT2D eigenvalue weighted by molar-refractivity contribution is -0.127. The number of aryl methyl sites for hydroxylation is 1. The molecule has 1 aliphatic heterocycles. The third-order valence-electron chi connectivity index (χ3n) is 4.80. The number of nitrogens with one attached hydrogen (secondary N) is 1. The standard InChI is InChI=1S/C17H22N2O2/c1-13-6-8-14(9-7-13)12-19-16(21)18-15(20)17(19)10-4-2-3-5-11-17/h6-9H,2-5,10-12H2,1H3,(H,18,20,21). The van der Waals surface area contributed by atoms with Crippen molar-refractivity contribution in [1.29, 1.82) is 0 Å². The maximum atomic E-state index is 12.4. The van der Waals surface area contributed by atoms with Gasteiger partial charge in [0.15, 0.2) is 0 Å². The number of carbonyl (C=O) groups excluding carboxylic acids is 2. The van der Waals surface area contributed by atoms with Gasteiger partial charge in [-0.25, -0.2) is 4.79 Å². The minimum atomic E-state index is -0.613. The van der Waals surface area contributed by atoms with Crippen LogP contribution in [-0.4, -0.2) is 22.4 Å². The number of hydrogen-bond acceptors (Lipinski definition) is 2. The second kappa shape index (κ2) is 5.51. The molecule has 4 nitrogen and oxygen atoms in total. The first kappa shape index (κ1) is 14.1. The van der Waals surface area contributed by atoms with Gasteiger partial charge in [0, 0.05) is 6.54 Å². The van der Waals surface area contributed by atoms with Crippen LogP contribution in [0.15, 0.2) is 24.3 Å². The van der Waals surface area contributed by atoms with Crippen molar-refractivity contribution >= 4 is 11.9 Å². The fraction of sp³-hybridized carbons (Fsp3) is 0.529. The lowest BCUT2D eigenvalue weighted by atomic mass is 9.88. The molecular weight excluding hydrogens is 264 g/mol. The van der Waals surface area contributed by atoms with E-state index in [-0.39, 0.29) is 11.9 Å². The largest absolute Gasteiger partial charge is 0.325 e. The molecule has 0 radical (unpaired) electrons.